The van der Waals surface area contributed by atoms with Gasteiger partial charge in [0.05, 0.1) is 34.5 Å². The average Bonchev–Trinajstić information content (AvgIpc) is 2.95. The Morgan fingerprint density at radius 1 is 0.975 bits per heavy atom. The van der Waals surface area contributed by atoms with Crippen molar-refractivity contribution < 1.29 is 18.0 Å². The second kappa shape index (κ2) is 11.8. The van der Waals surface area contributed by atoms with Crippen LogP contribution in [-0.4, -0.2) is 38.8 Å². The molecule has 3 heterocycles. The van der Waals surface area contributed by atoms with Crippen LogP contribution in [0.15, 0.2) is 73.1 Å². The zero-order valence-electron chi connectivity index (χ0n) is 22.0. The summed E-state index contributed by atoms with van der Waals surface area (Å²) in [6.45, 7) is 3.54. The van der Waals surface area contributed by atoms with E-state index >= 15 is 0 Å². The summed E-state index contributed by atoms with van der Waals surface area (Å²) in [6, 6.07) is 16.9. The molecule has 4 aromatic rings. The number of nitrogens with one attached hydrogen (secondary N) is 2. The van der Waals surface area contributed by atoms with Gasteiger partial charge in [0.15, 0.2) is 0 Å². The molecule has 0 unspecified atom stereocenters. The highest BCUT2D eigenvalue weighted by atomic mass is 19.4. The van der Waals surface area contributed by atoms with Crippen molar-refractivity contribution in [2.75, 3.05) is 23.7 Å². The number of piperidine rings is 1. The second-order valence-corrected chi connectivity index (χ2v) is 9.77. The van der Waals surface area contributed by atoms with Crippen molar-refractivity contribution in [2.24, 2.45) is 0 Å². The number of benzene rings is 2. The van der Waals surface area contributed by atoms with Crippen molar-refractivity contribution in [3.8, 4) is 11.3 Å². The smallest absolute Gasteiger partial charge is 0.322 e. The van der Waals surface area contributed by atoms with Crippen LogP contribution >= 0.6 is 0 Å². The van der Waals surface area contributed by atoms with Gasteiger partial charge in [-0.2, -0.15) is 13.2 Å². The summed E-state index contributed by atoms with van der Waals surface area (Å²) >= 11 is 0. The van der Waals surface area contributed by atoms with Gasteiger partial charge in [-0.05, 0) is 62.7 Å². The first-order valence-electron chi connectivity index (χ1n) is 13.1. The third kappa shape index (κ3) is 6.63. The molecule has 1 fully saturated rings. The minimum absolute atomic E-state index is 0.0799. The molecule has 0 bridgehead atoms. The summed E-state index contributed by atoms with van der Waals surface area (Å²) in [5.41, 5.74) is 2.48. The summed E-state index contributed by atoms with van der Waals surface area (Å²) in [7, 11) is 0. The molecule has 0 saturated carbocycles. The number of hydrogen-bond acceptors (Lipinski definition) is 6. The molecule has 40 heavy (non-hydrogen) atoms. The quantitative estimate of drug-likeness (QED) is 0.264. The van der Waals surface area contributed by atoms with Gasteiger partial charge in [-0.1, -0.05) is 42.8 Å². The van der Waals surface area contributed by atoms with Crippen LogP contribution in [0.5, 0.6) is 0 Å². The van der Waals surface area contributed by atoms with Gasteiger partial charge in [0.1, 0.15) is 0 Å². The van der Waals surface area contributed by atoms with Crippen LogP contribution in [0, 0.1) is 6.92 Å². The van der Waals surface area contributed by atoms with Gasteiger partial charge in [-0.25, -0.2) is 9.97 Å². The van der Waals surface area contributed by atoms with E-state index in [2.05, 4.69) is 25.6 Å². The van der Waals surface area contributed by atoms with Gasteiger partial charge in [0.2, 0.25) is 5.95 Å². The lowest BCUT2D eigenvalue weighted by molar-refractivity contribution is -0.138. The van der Waals surface area contributed by atoms with Crippen molar-refractivity contribution in [3.63, 3.8) is 0 Å². The van der Waals surface area contributed by atoms with E-state index < -0.39 is 17.6 Å². The molecule has 0 aliphatic carbocycles. The zero-order valence-corrected chi connectivity index (χ0v) is 22.0. The number of alkyl halides is 3. The Morgan fingerprint density at radius 3 is 2.50 bits per heavy atom. The van der Waals surface area contributed by atoms with Crippen LogP contribution < -0.4 is 10.6 Å². The lowest BCUT2D eigenvalue weighted by atomic mass is 10.0. The first-order chi connectivity index (χ1) is 19.3. The van der Waals surface area contributed by atoms with E-state index in [1.807, 2.05) is 35.2 Å². The molecule has 0 atom stereocenters. The lowest BCUT2D eigenvalue weighted by Crippen LogP contribution is -2.30. The molecular weight excluding hydrogens is 517 g/mol. The minimum atomic E-state index is -4.57. The predicted octanol–water partition coefficient (Wildman–Crippen LogP) is 6.85. The van der Waals surface area contributed by atoms with Crippen LogP contribution in [0.2, 0.25) is 0 Å². The normalized spacial score (nSPS) is 14.1. The summed E-state index contributed by atoms with van der Waals surface area (Å²) in [4.78, 5) is 28.2. The Kier molecular flexibility index (Phi) is 8.06. The van der Waals surface area contributed by atoms with Crippen LogP contribution in [0.25, 0.3) is 11.3 Å². The summed E-state index contributed by atoms with van der Waals surface area (Å²) in [6.07, 6.45) is 1.58. The Hall–Kier alpha value is -4.31. The zero-order chi connectivity index (χ0) is 28.1. The number of halogens is 3. The minimum Gasteiger partial charge on any atom is -0.322 e. The van der Waals surface area contributed by atoms with Crippen LogP contribution in [0.1, 0.15) is 46.4 Å². The van der Waals surface area contributed by atoms with E-state index in [9.17, 15) is 18.0 Å². The average molecular weight is 547 g/mol. The number of hydrogen-bond donors (Lipinski definition) is 2. The summed E-state index contributed by atoms with van der Waals surface area (Å²) in [5, 5.41) is 5.79. The molecule has 1 aliphatic heterocycles. The maximum absolute atomic E-state index is 13.9. The Labute approximate surface area is 230 Å². The molecule has 1 amide bonds. The number of rotatable bonds is 7. The van der Waals surface area contributed by atoms with Gasteiger partial charge in [-0.3, -0.25) is 14.7 Å². The fourth-order valence-electron chi connectivity index (χ4n) is 4.72. The molecule has 0 spiro atoms. The monoisotopic (exact) mass is 546 g/mol. The number of pyridine rings is 1. The van der Waals surface area contributed by atoms with E-state index in [1.54, 1.807) is 25.3 Å². The number of aryl methyl sites for hydroxylation is 1. The van der Waals surface area contributed by atoms with Gasteiger partial charge in [0.25, 0.3) is 5.91 Å². The number of aromatic nitrogens is 3. The number of carbonyl (C=O) groups excluding carboxylic acids is 1. The van der Waals surface area contributed by atoms with E-state index in [1.165, 1.54) is 18.3 Å². The van der Waals surface area contributed by atoms with E-state index in [-0.39, 0.29) is 17.7 Å². The second-order valence-electron chi connectivity index (χ2n) is 9.77. The van der Waals surface area contributed by atoms with Crippen molar-refractivity contribution >= 4 is 23.2 Å². The predicted molar refractivity (Wildman–Crippen MR) is 148 cm³/mol. The van der Waals surface area contributed by atoms with E-state index in [4.69, 9.17) is 0 Å². The number of anilines is 3. The Balaban J connectivity index is 1.33. The molecule has 2 aromatic carbocycles. The highest BCUT2D eigenvalue weighted by Gasteiger charge is 2.34. The summed E-state index contributed by atoms with van der Waals surface area (Å²) in [5.74, 6) is -0.317. The molecular formula is C30H29F3N6O. The molecule has 2 aromatic heterocycles. The first kappa shape index (κ1) is 27.3. The molecule has 5 rings (SSSR count). The van der Waals surface area contributed by atoms with Gasteiger partial charge in [-0.15, -0.1) is 0 Å². The Bertz CT molecular complexity index is 1490. The maximum Gasteiger partial charge on any atom is 0.416 e. The molecule has 2 N–H and O–H groups in total. The fraction of sp³-hybridized carbons (Fsp3) is 0.267. The molecule has 1 saturated heterocycles. The van der Waals surface area contributed by atoms with E-state index in [0.29, 0.717) is 23.0 Å². The highest BCUT2D eigenvalue weighted by Crippen LogP contribution is 2.34. The van der Waals surface area contributed by atoms with Crippen molar-refractivity contribution in [1.82, 2.24) is 19.9 Å². The van der Waals surface area contributed by atoms with Gasteiger partial charge in [0, 0.05) is 23.9 Å². The number of likely N-dealkylation sites (tertiary alicyclic amines) is 1. The van der Waals surface area contributed by atoms with Gasteiger partial charge >= 0.3 is 6.18 Å². The third-order valence-electron chi connectivity index (χ3n) is 6.84. The topological polar surface area (TPSA) is 83.0 Å². The van der Waals surface area contributed by atoms with E-state index in [0.717, 1.165) is 49.7 Å². The van der Waals surface area contributed by atoms with Crippen LogP contribution in [-0.2, 0) is 12.7 Å². The standard InChI is InChI=1S/C30H29F3N6O/c1-20-27(38-29-34-13-12-26(37-29)21-8-4-2-5-9-21)17-24(18-35-20)36-28(40)22-10-11-23(25(16-22)30(31,32)33)19-39-14-6-3-7-15-39/h2,4-5,8-13,16-18H,3,6-7,14-15,19H2,1H3,(H,36,40)(H,34,37,38). The lowest BCUT2D eigenvalue weighted by Gasteiger charge is -2.27. The Morgan fingerprint density at radius 2 is 1.75 bits per heavy atom. The largest absolute Gasteiger partial charge is 0.416 e. The number of nitrogens with zero attached hydrogens (tertiary/aromatic N) is 4. The van der Waals surface area contributed by atoms with Crippen LogP contribution in [0.3, 0.4) is 0 Å². The molecule has 7 nitrogen and oxygen atoms in total. The molecule has 206 valence electrons. The van der Waals surface area contributed by atoms with Crippen molar-refractivity contribution in [2.45, 2.75) is 38.9 Å². The maximum atomic E-state index is 13.9. The molecule has 0 radical (unpaired) electrons. The van der Waals surface area contributed by atoms with Crippen LogP contribution in [0.4, 0.5) is 30.5 Å². The number of amides is 1. The fourth-order valence-corrected chi connectivity index (χ4v) is 4.72. The molecule has 10 heteroatoms. The van der Waals surface area contributed by atoms with Gasteiger partial charge < -0.3 is 10.6 Å². The summed E-state index contributed by atoms with van der Waals surface area (Å²) < 4.78 is 41.8. The van der Waals surface area contributed by atoms with Crippen molar-refractivity contribution in [1.29, 1.82) is 0 Å². The number of carbonyl (C=O) groups is 1. The van der Waals surface area contributed by atoms with Crippen molar-refractivity contribution in [3.05, 3.63) is 95.4 Å². The molecule has 1 aliphatic rings. The highest BCUT2D eigenvalue weighted by molar-refractivity contribution is 6.04. The first-order valence-corrected chi connectivity index (χ1v) is 13.1. The SMILES string of the molecule is Cc1ncc(NC(=O)c2ccc(CN3CCCCC3)c(C(F)(F)F)c2)cc1Nc1nccc(-c2ccccc2)n1. The third-order valence-corrected chi connectivity index (χ3v) is 6.84.